The maximum Gasteiger partial charge on any atom is 0.471 e. The van der Waals surface area contributed by atoms with E-state index >= 15 is 0 Å². The fraction of sp³-hybridized carbons (Fsp3) is 0.600. The molecule has 0 aliphatic rings. The predicted molar refractivity (Wildman–Crippen MR) is 32.0 cm³/mol. The van der Waals surface area contributed by atoms with Crippen LogP contribution in [0.15, 0.2) is 12.8 Å². The Labute approximate surface area is 73.9 Å². The number of ether oxygens (including phenoxy) is 1. The van der Waals surface area contributed by atoms with E-state index in [-0.39, 0.29) is 6.26 Å². The Hall–Kier alpha value is -0.590. The van der Waals surface area contributed by atoms with Gasteiger partial charge in [0, 0.05) is 0 Å². The smallest absolute Gasteiger partial charge is 0.436 e. The van der Waals surface area contributed by atoms with Crippen molar-refractivity contribution in [2.45, 2.75) is 17.4 Å². The number of halogens is 7. The van der Waals surface area contributed by atoms with Gasteiger partial charge in [-0.2, -0.15) is 26.3 Å². The van der Waals surface area contributed by atoms with Gasteiger partial charge in [0.05, 0.1) is 6.26 Å². The highest BCUT2D eigenvalue weighted by Crippen LogP contribution is 2.48. The normalized spacial score (nSPS) is 14.1. The molecule has 0 radical (unpaired) electrons. The van der Waals surface area contributed by atoms with Crippen LogP contribution in [-0.4, -0.2) is 17.4 Å². The Kier molecular flexibility index (Phi) is 3.13. The molecule has 13 heavy (non-hydrogen) atoms. The molecule has 0 rings (SSSR count). The second-order valence-corrected chi connectivity index (χ2v) is 2.35. The molecule has 0 spiro atoms. The molecule has 0 saturated carbocycles. The molecule has 0 aromatic rings. The molecule has 78 valence electrons. The average Bonchev–Trinajstić information content (AvgIpc) is 1.84. The standard InChI is InChI=1S/C5H3ClF6O/c1-2-13-5(11,12)3(7,8)4(6,9)10/h2H,1H2. The van der Waals surface area contributed by atoms with E-state index < -0.39 is 17.4 Å². The lowest BCUT2D eigenvalue weighted by atomic mass is 10.3. The largest absolute Gasteiger partial charge is 0.471 e. The number of alkyl halides is 7. The van der Waals surface area contributed by atoms with Crippen LogP contribution in [0.5, 0.6) is 0 Å². The summed E-state index contributed by atoms with van der Waals surface area (Å²) >= 11 is 3.77. The molecule has 0 fully saturated rings. The third-order valence-electron chi connectivity index (χ3n) is 0.953. The lowest BCUT2D eigenvalue weighted by molar-refractivity contribution is -0.366. The molecule has 0 atom stereocenters. The third-order valence-corrected chi connectivity index (χ3v) is 1.19. The second-order valence-electron chi connectivity index (χ2n) is 1.87. The van der Waals surface area contributed by atoms with Crippen LogP contribution in [0.25, 0.3) is 0 Å². The van der Waals surface area contributed by atoms with Crippen LogP contribution in [0, 0.1) is 0 Å². The van der Waals surface area contributed by atoms with E-state index in [2.05, 4.69) is 22.9 Å². The SMILES string of the molecule is C=COC(F)(F)C(F)(F)C(F)(F)Cl. The molecule has 0 bridgehead atoms. The topological polar surface area (TPSA) is 9.23 Å². The van der Waals surface area contributed by atoms with Crippen molar-refractivity contribution >= 4 is 11.6 Å². The minimum atomic E-state index is -5.81. The van der Waals surface area contributed by atoms with Crippen molar-refractivity contribution in [3.63, 3.8) is 0 Å². The molecule has 0 aliphatic carbocycles. The molecule has 0 amide bonds. The summed E-state index contributed by atoms with van der Waals surface area (Å²) in [6, 6.07) is 0. The lowest BCUT2D eigenvalue weighted by Crippen LogP contribution is -2.52. The number of hydrogen-bond acceptors (Lipinski definition) is 1. The quantitative estimate of drug-likeness (QED) is 0.408. The summed E-state index contributed by atoms with van der Waals surface area (Å²) < 4.78 is 74.8. The van der Waals surface area contributed by atoms with Crippen molar-refractivity contribution < 1.29 is 31.1 Å². The lowest BCUT2D eigenvalue weighted by Gasteiger charge is -2.27. The summed E-state index contributed by atoms with van der Waals surface area (Å²) in [5, 5.41) is -5.40. The summed E-state index contributed by atoms with van der Waals surface area (Å²) in [6.45, 7) is 2.52. The maximum absolute atomic E-state index is 12.1. The molecule has 0 aromatic carbocycles. The van der Waals surface area contributed by atoms with Crippen LogP contribution in [0.1, 0.15) is 0 Å². The first-order chi connectivity index (χ1) is 5.56. The molecule has 1 nitrogen and oxygen atoms in total. The van der Waals surface area contributed by atoms with E-state index in [1.807, 2.05) is 0 Å². The molecule has 0 saturated heterocycles. The number of hydrogen-bond donors (Lipinski definition) is 0. The Bertz CT molecular complexity index is 198. The van der Waals surface area contributed by atoms with E-state index in [4.69, 9.17) is 0 Å². The van der Waals surface area contributed by atoms with E-state index in [1.165, 1.54) is 0 Å². The fourth-order valence-corrected chi connectivity index (χ4v) is 0.454. The summed E-state index contributed by atoms with van der Waals surface area (Å²) in [4.78, 5) is 0. The zero-order chi connectivity index (χ0) is 10.9. The molecular weight excluding hydrogens is 225 g/mol. The fourth-order valence-electron chi connectivity index (χ4n) is 0.344. The third kappa shape index (κ3) is 2.20. The van der Waals surface area contributed by atoms with Gasteiger partial charge in [0.2, 0.25) is 0 Å². The summed E-state index contributed by atoms with van der Waals surface area (Å²) in [6.07, 6.45) is -5.49. The van der Waals surface area contributed by atoms with Gasteiger partial charge in [-0.15, -0.1) is 0 Å². The first kappa shape index (κ1) is 12.4. The molecule has 0 heterocycles. The molecule has 0 N–H and O–H groups in total. The number of rotatable bonds is 4. The van der Waals surface area contributed by atoms with Crippen LogP contribution < -0.4 is 0 Å². The van der Waals surface area contributed by atoms with Gasteiger partial charge >= 0.3 is 17.4 Å². The van der Waals surface area contributed by atoms with Gasteiger partial charge in [0.15, 0.2) is 0 Å². The Morgan fingerprint density at radius 2 is 1.46 bits per heavy atom. The Morgan fingerprint density at radius 1 is 1.08 bits per heavy atom. The average molecular weight is 229 g/mol. The molecule has 0 aromatic heterocycles. The Balaban J connectivity index is 4.91. The molecule has 0 unspecified atom stereocenters. The van der Waals surface area contributed by atoms with E-state index in [0.717, 1.165) is 0 Å². The van der Waals surface area contributed by atoms with Crippen molar-refractivity contribution in [3.8, 4) is 0 Å². The van der Waals surface area contributed by atoms with Crippen molar-refractivity contribution in [2.75, 3.05) is 0 Å². The summed E-state index contributed by atoms with van der Waals surface area (Å²) in [5.41, 5.74) is 0. The van der Waals surface area contributed by atoms with Crippen LogP contribution >= 0.6 is 11.6 Å². The van der Waals surface area contributed by atoms with E-state index in [9.17, 15) is 26.3 Å². The highest BCUT2D eigenvalue weighted by Gasteiger charge is 2.73. The van der Waals surface area contributed by atoms with Crippen LogP contribution in [0.4, 0.5) is 26.3 Å². The zero-order valence-electron chi connectivity index (χ0n) is 5.84. The van der Waals surface area contributed by atoms with Crippen molar-refractivity contribution in [1.29, 1.82) is 0 Å². The van der Waals surface area contributed by atoms with E-state index in [0.29, 0.717) is 0 Å². The first-order valence-electron chi connectivity index (χ1n) is 2.67. The van der Waals surface area contributed by atoms with Crippen molar-refractivity contribution in [2.24, 2.45) is 0 Å². The van der Waals surface area contributed by atoms with Gasteiger partial charge in [-0.25, -0.2) is 0 Å². The summed E-state index contributed by atoms with van der Waals surface area (Å²) in [7, 11) is 0. The zero-order valence-corrected chi connectivity index (χ0v) is 6.59. The van der Waals surface area contributed by atoms with Crippen LogP contribution in [0.2, 0.25) is 0 Å². The monoisotopic (exact) mass is 228 g/mol. The highest BCUT2D eigenvalue weighted by atomic mass is 35.5. The van der Waals surface area contributed by atoms with Gasteiger partial charge < -0.3 is 4.74 Å². The highest BCUT2D eigenvalue weighted by molar-refractivity contribution is 6.22. The minimum Gasteiger partial charge on any atom is -0.436 e. The predicted octanol–water partition coefficient (Wildman–Crippen LogP) is 3.21. The molecule has 8 heteroatoms. The van der Waals surface area contributed by atoms with Crippen molar-refractivity contribution in [3.05, 3.63) is 12.8 Å². The molecule has 0 aliphatic heterocycles. The van der Waals surface area contributed by atoms with Gasteiger partial charge in [-0.05, 0) is 11.6 Å². The Morgan fingerprint density at radius 3 is 1.69 bits per heavy atom. The van der Waals surface area contributed by atoms with Gasteiger partial charge in [0.25, 0.3) is 0 Å². The van der Waals surface area contributed by atoms with E-state index in [1.54, 1.807) is 0 Å². The second kappa shape index (κ2) is 3.28. The maximum atomic E-state index is 12.1. The van der Waals surface area contributed by atoms with Crippen molar-refractivity contribution in [1.82, 2.24) is 0 Å². The first-order valence-corrected chi connectivity index (χ1v) is 3.05. The minimum absolute atomic E-state index is 0.0868. The summed E-state index contributed by atoms with van der Waals surface area (Å²) in [5.74, 6) is -5.81. The van der Waals surface area contributed by atoms with Crippen LogP contribution in [0.3, 0.4) is 0 Å². The van der Waals surface area contributed by atoms with Gasteiger partial charge in [0.1, 0.15) is 0 Å². The van der Waals surface area contributed by atoms with Gasteiger partial charge in [-0.1, -0.05) is 6.58 Å². The van der Waals surface area contributed by atoms with Crippen LogP contribution in [-0.2, 0) is 4.74 Å². The van der Waals surface area contributed by atoms with Gasteiger partial charge in [-0.3, -0.25) is 0 Å². The molecular formula is C5H3ClF6O.